The fraction of sp³-hybridized carbons (Fsp3) is 0.556. The normalized spacial score (nSPS) is 20.0. The first-order valence-electron chi connectivity index (χ1n) is 8.95. The maximum atomic E-state index is 13.2. The molecule has 0 bridgehead atoms. The molecule has 2 fully saturated rings. The maximum Gasteiger partial charge on any atom is 0.280 e. The molecule has 1 unspecified atom stereocenters. The summed E-state index contributed by atoms with van der Waals surface area (Å²) >= 11 is 0. The van der Waals surface area contributed by atoms with Crippen LogP contribution in [0.2, 0.25) is 0 Å². The van der Waals surface area contributed by atoms with Gasteiger partial charge in [-0.1, -0.05) is 0 Å². The Morgan fingerprint density at radius 2 is 2.00 bits per heavy atom. The van der Waals surface area contributed by atoms with E-state index >= 15 is 0 Å². The van der Waals surface area contributed by atoms with Gasteiger partial charge in [0.2, 0.25) is 5.95 Å². The Labute approximate surface area is 151 Å². The molecule has 26 heavy (non-hydrogen) atoms. The van der Waals surface area contributed by atoms with Gasteiger partial charge >= 0.3 is 0 Å². The fourth-order valence-electron chi connectivity index (χ4n) is 3.30. The summed E-state index contributed by atoms with van der Waals surface area (Å²) in [6, 6.07) is 3.51. The molecule has 8 heteroatoms. The second-order valence-corrected chi connectivity index (χ2v) is 7.08. The standard InChI is InChI=1S/C18H22F2N6/c1-11-5-7-21-18(22-11)25(2)13-6-8-26(10-13)15-9-14(16(19)20)23-17(24-15)12-3-4-12/h5,7,9,12-13,16H,3-4,6,8,10H2,1-2H3. The van der Waals surface area contributed by atoms with Crippen molar-refractivity contribution in [1.29, 1.82) is 0 Å². The predicted octanol–water partition coefficient (Wildman–Crippen LogP) is 3.11. The van der Waals surface area contributed by atoms with Gasteiger partial charge in [0, 0.05) is 44.0 Å². The Morgan fingerprint density at radius 3 is 2.69 bits per heavy atom. The molecule has 2 aromatic rings. The quantitative estimate of drug-likeness (QED) is 0.817. The van der Waals surface area contributed by atoms with Crippen LogP contribution in [0.15, 0.2) is 18.3 Å². The number of alkyl halides is 2. The largest absolute Gasteiger partial charge is 0.354 e. The second-order valence-electron chi connectivity index (χ2n) is 7.08. The van der Waals surface area contributed by atoms with E-state index in [0.29, 0.717) is 24.1 Å². The van der Waals surface area contributed by atoms with E-state index in [1.54, 1.807) is 6.20 Å². The van der Waals surface area contributed by atoms with Gasteiger partial charge in [0.25, 0.3) is 6.43 Å². The van der Waals surface area contributed by atoms with E-state index in [0.717, 1.165) is 31.5 Å². The molecule has 0 amide bonds. The summed E-state index contributed by atoms with van der Waals surface area (Å²) in [6.07, 6.45) is 2.06. The van der Waals surface area contributed by atoms with Crippen LogP contribution < -0.4 is 9.80 Å². The number of aromatic nitrogens is 4. The SMILES string of the molecule is Cc1ccnc(N(C)C2CCN(c3cc(C(F)F)nc(C4CC4)n3)C2)n1. The van der Waals surface area contributed by atoms with E-state index in [9.17, 15) is 8.78 Å². The van der Waals surface area contributed by atoms with Gasteiger partial charge in [-0.3, -0.25) is 0 Å². The van der Waals surface area contributed by atoms with Gasteiger partial charge in [0.1, 0.15) is 17.3 Å². The van der Waals surface area contributed by atoms with Gasteiger partial charge in [-0.25, -0.2) is 28.7 Å². The first-order chi connectivity index (χ1) is 12.5. The third kappa shape index (κ3) is 3.45. The van der Waals surface area contributed by atoms with Crippen LogP contribution in [0.4, 0.5) is 20.5 Å². The van der Waals surface area contributed by atoms with E-state index in [1.165, 1.54) is 6.07 Å². The molecule has 0 aromatic carbocycles. The lowest BCUT2D eigenvalue weighted by Crippen LogP contribution is -2.36. The molecule has 2 aromatic heterocycles. The number of aryl methyl sites for hydroxylation is 1. The summed E-state index contributed by atoms with van der Waals surface area (Å²) < 4.78 is 26.5. The summed E-state index contributed by atoms with van der Waals surface area (Å²) in [5.41, 5.74) is 0.749. The van der Waals surface area contributed by atoms with Gasteiger partial charge < -0.3 is 9.80 Å². The van der Waals surface area contributed by atoms with Crippen LogP contribution in [-0.2, 0) is 0 Å². The molecular weight excluding hydrogens is 338 g/mol. The van der Waals surface area contributed by atoms with Crippen molar-refractivity contribution in [3.05, 3.63) is 35.5 Å². The van der Waals surface area contributed by atoms with E-state index in [2.05, 4.69) is 29.7 Å². The van der Waals surface area contributed by atoms with Crippen molar-refractivity contribution in [2.75, 3.05) is 29.9 Å². The Hall–Kier alpha value is -2.38. The number of hydrogen-bond donors (Lipinski definition) is 0. The van der Waals surface area contributed by atoms with Crippen molar-refractivity contribution in [3.8, 4) is 0 Å². The Morgan fingerprint density at radius 1 is 1.19 bits per heavy atom. The third-order valence-corrected chi connectivity index (χ3v) is 5.05. The minimum absolute atomic E-state index is 0.171. The average Bonchev–Trinajstić information content (AvgIpc) is 3.37. The fourth-order valence-corrected chi connectivity index (χ4v) is 3.30. The summed E-state index contributed by atoms with van der Waals surface area (Å²) in [7, 11) is 1.98. The predicted molar refractivity (Wildman–Crippen MR) is 94.8 cm³/mol. The lowest BCUT2D eigenvalue weighted by atomic mass is 10.2. The number of halogens is 2. The number of likely N-dealkylation sites (N-methyl/N-ethyl adjacent to an activating group) is 1. The monoisotopic (exact) mass is 360 g/mol. The lowest BCUT2D eigenvalue weighted by Gasteiger charge is -2.25. The molecule has 1 atom stereocenters. The molecule has 0 N–H and O–H groups in total. The van der Waals surface area contributed by atoms with Crippen LogP contribution in [0.5, 0.6) is 0 Å². The average molecular weight is 360 g/mol. The third-order valence-electron chi connectivity index (χ3n) is 5.05. The number of hydrogen-bond acceptors (Lipinski definition) is 6. The van der Waals surface area contributed by atoms with E-state index in [4.69, 9.17) is 0 Å². The molecule has 1 saturated heterocycles. The maximum absolute atomic E-state index is 13.2. The van der Waals surface area contributed by atoms with Gasteiger partial charge in [-0.2, -0.15) is 0 Å². The van der Waals surface area contributed by atoms with E-state index in [1.807, 2.05) is 20.0 Å². The summed E-state index contributed by atoms with van der Waals surface area (Å²) in [6.45, 7) is 3.41. The molecule has 0 radical (unpaired) electrons. The van der Waals surface area contributed by atoms with Crippen LogP contribution >= 0.6 is 0 Å². The van der Waals surface area contributed by atoms with Crippen molar-refractivity contribution in [1.82, 2.24) is 19.9 Å². The van der Waals surface area contributed by atoms with E-state index in [-0.39, 0.29) is 17.7 Å². The molecule has 0 spiro atoms. The highest BCUT2D eigenvalue weighted by atomic mass is 19.3. The molecule has 4 rings (SSSR count). The van der Waals surface area contributed by atoms with Crippen LogP contribution in [-0.4, -0.2) is 46.1 Å². The van der Waals surface area contributed by atoms with Gasteiger partial charge in [-0.05, 0) is 32.3 Å². The molecule has 3 heterocycles. The van der Waals surface area contributed by atoms with Crippen LogP contribution in [0, 0.1) is 6.92 Å². The van der Waals surface area contributed by atoms with Crippen molar-refractivity contribution >= 4 is 11.8 Å². The zero-order valence-electron chi connectivity index (χ0n) is 14.9. The lowest BCUT2D eigenvalue weighted by molar-refractivity contribution is 0.145. The smallest absolute Gasteiger partial charge is 0.280 e. The molecule has 2 aliphatic rings. The Kier molecular flexibility index (Phi) is 4.42. The summed E-state index contributed by atoms with van der Waals surface area (Å²) in [4.78, 5) is 21.6. The van der Waals surface area contributed by atoms with Gasteiger partial charge in [0.05, 0.1) is 6.04 Å². The zero-order valence-corrected chi connectivity index (χ0v) is 14.9. The van der Waals surface area contributed by atoms with Crippen molar-refractivity contribution in [3.63, 3.8) is 0 Å². The topological polar surface area (TPSA) is 58.0 Å². The van der Waals surface area contributed by atoms with Crippen molar-refractivity contribution in [2.45, 2.75) is 44.6 Å². The van der Waals surface area contributed by atoms with Gasteiger partial charge in [0.15, 0.2) is 0 Å². The minimum Gasteiger partial charge on any atom is -0.354 e. The molecule has 1 saturated carbocycles. The zero-order chi connectivity index (χ0) is 18.3. The molecule has 1 aliphatic heterocycles. The van der Waals surface area contributed by atoms with Crippen molar-refractivity contribution in [2.24, 2.45) is 0 Å². The highest BCUT2D eigenvalue weighted by Crippen LogP contribution is 2.39. The van der Waals surface area contributed by atoms with Crippen LogP contribution in [0.3, 0.4) is 0 Å². The van der Waals surface area contributed by atoms with Gasteiger partial charge in [-0.15, -0.1) is 0 Å². The molecular formula is C18H22F2N6. The highest BCUT2D eigenvalue weighted by Gasteiger charge is 2.32. The van der Waals surface area contributed by atoms with E-state index < -0.39 is 6.43 Å². The summed E-state index contributed by atoms with van der Waals surface area (Å²) in [5, 5.41) is 0. The number of anilines is 2. The number of nitrogens with zero attached hydrogens (tertiary/aromatic N) is 6. The molecule has 1 aliphatic carbocycles. The van der Waals surface area contributed by atoms with Crippen molar-refractivity contribution < 1.29 is 8.78 Å². The molecule has 6 nitrogen and oxygen atoms in total. The number of rotatable bonds is 5. The van der Waals surface area contributed by atoms with Crippen LogP contribution in [0.1, 0.15) is 48.8 Å². The second kappa shape index (κ2) is 6.74. The minimum atomic E-state index is -2.57. The Balaban J connectivity index is 1.53. The summed E-state index contributed by atoms with van der Waals surface area (Å²) in [5.74, 6) is 2.11. The first-order valence-corrected chi connectivity index (χ1v) is 8.95. The Bertz CT molecular complexity index is 775. The molecule has 138 valence electrons. The highest BCUT2D eigenvalue weighted by molar-refractivity contribution is 5.44. The first kappa shape index (κ1) is 17.1. The van der Waals surface area contributed by atoms with Crippen LogP contribution in [0.25, 0.3) is 0 Å².